The van der Waals surface area contributed by atoms with Crippen LogP contribution in [0.2, 0.25) is 0 Å². The Labute approximate surface area is 113 Å². The maximum Gasteiger partial charge on any atom is 0.183 e. The fourth-order valence-electron chi connectivity index (χ4n) is 2.05. The molecule has 0 aromatic carbocycles. The minimum Gasteiger partial charge on any atom is -0.308 e. The van der Waals surface area contributed by atoms with Gasteiger partial charge in [-0.1, -0.05) is 0 Å². The van der Waals surface area contributed by atoms with E-state index in [1.165, 1.54) is 12.8 Å². The zero-order chi connectivity index (χ0) is 13.5. The number of hydrogen-bond donors (Lipinski definition) is 1. The molecule has 5 heteroatoms. The summed E-state index contributed by atoms with van der Waals surface area (Å²) >= 11 is 0. The smallest absolute Gasteiger partial charge is 0.183 e. The molecule has 2 aromatic rings. The fraction of sp³-hybridized carbons (Fsp3) is 0.500. The number of nitrogens with one attached hydrogen (secondary N) is 1. The first kappa shape index (κ1) is 12.3. The third-order valence-corrected chi connectivity index (χ3v) is 3.63. The molecule has 1 aliphatic rings. The van der Waals surface area contributed by atoms with Gasteiger partial charge in [-0.2, -0.15) is 5.10 Å². The van der Waals surface area contributed by atoms with Crippen molar-refractivity contribution in [3.05, 3.63) is 30.4 Å². The Kier molecular flexibility index (Phi) is 2.86. The zero-order valence-corrected chi connectivity index (χ0v) is 11.6. The van der Waals surface area contributed by atoms with Crippen LogP contribution in [0.1, 0.15) is 38.6 Å². The van der Waals surface area contributed by atoms with Crippen molar-refractivity contribution in [2.75, 3.05) is 7.05 Å². The summed E-state index contributed by atoms with van der Waals surface area (Å²) < 4.78 is 2.08. The Morgan fingerprint density at radius 3 is 2.74 bits per heavy atom. The number of hydrogen-bond acceptors (Lipinski definition) is 4. The molecule has 19 heavy (non-hydrogen) atoms. The SMILES string of the molecule is CNC(C)(C)c1nc(-c2cccnc2)nn1C1CC1. The van der Waals surface area contributed by atoms with Gasteiger partial charge in [-0.3, -0.25) is 4.98 Å². The lowest BCUT2D eigenvalue weighted by molar-refractivity contribution is 0.385. The summed E-state index contributed by atoms with van der Waals surface area (Å²) in [5, 5.41) is 7.99. The van der Waals surface area contributed by atoms with E-state index in [1.54, 1.807) is 6.20 Å². The Bertz CT molecular complexity index is 569. The third kappa shape index (κ3) is 2.26. The Balaban J connectivity index is 2.07. The molecule has 2 heterocycles. The maximum atomic E-state index is 4.73. The van der Waals surface area contributed by atoms with Gasteiger partial charge in [0.2, 0.25) is 0 Å². The highest BCUT2D eigenvalue weighted by Gasteiger charge is 2.34. The summed E-state index contributed by atoms with van der Waals surface area (Å²) in [5.74, 6) is 1.76. The monoisotopic (exact) mass is 257 g/mol. The molecule has 0 spiro atoms. The maximum absolute atomic E-state index is 4.73. The van der Waals surface area contributed by atoms with Crippen LogP contribution in [-0.4, -0.2) is 26.8 Å². The fourth-order valence-corrected chi connectivity index (χ4v) is 2.05. The second-order valence-electron chi connectivity index (χ2n) is 5.55. The van der Waals surface area contributed by atoms with Crippen LogP contribution in [0.3, 0.4) is 0 Å². The molecule has 0 bridgehead atoms. The third-order valence-electron chi connectivity index (χ3n) is 3.63. The van der Waals surface area contributed by atoms with Crippen LogP contribution in [0.25, 0.3) is 11.4 Å². The van der Waals surface area contributed by atoms with Crippen molar-refractivity contribution in [1.29, 1.82) is 0 Å². The van der Waals surface area contributed by atoms with Crippen LogP contribution in [0.15, 0.2) is 24.5 Å². The molecule has 0 atom stereocenters. The van der Waals surface area contributed by atoms with Gasteiger partial charge in [-0.25, -0.2) is 9.67 Å². The normalized spacial score (nSPS) is 15.7. The molecule has 0 saturated heterocycles. The summed E-state index contributed by atoms with van der Waals surface area (Å²) in [5.41, 5.74) is 0.783. The molecule has 2 aromatic heterocycles. The van der Waals surface area contributed by atoms with E-state index in [-0.39, 0.29) is 5.54 Å². The van der Waals surface area contributed by atoms with E-state index in [2.05, 4.69) is 33.9 Å². The lowest BCUT2D eigenvalue weighted by atomic mass is 10.1. The van der Waals surface area contributed by atoms with Gasteiger partial charge in [0.25, 0.3) is 0 Å². The molecule has 1 aliphatic carbocycles. The quantitative estimate of drug-likeness (QED) is 0.911. The Morgan fingerprint density at radius 1 is 1.37 bits per heavy atom. The Hall–Kier alpha value is -1.75. The topological polar surface area (TPSA) is 55.6 Å². The molecule has 3 rings (SSSR count). The molecule has 1 saturated carbocycles. The molecular weight excluding hydrogens is 238 g/mol. The van der Waals surface area contributed by atoms with Gasteiger partial charge in [-0.05, 0) is 45.9 Å². The van der Waals surface area contributed by atoms with Gasteiger partial charge in [0.15, 0.2) is 5.82 Å². The highest BCUT2D eigenvalue weighted by molar-refractivity contribution is 5.52. The van der Waals surface area contributed by atoms with Crippen LogP contribution >= 0.6 is 0 Å². The second-order valence-corrected chi connectivity index (χ2v) is 5.55. The lowest BCUT2D eigenvalue weighted by Crippen LogP contribution is -2.36. The summed E-state index contributed by atoms with van der Waals surface area (Å²) in [7, 11) is 1.95. The number of nitrogens with zero attached hydrogens (tertiary/aromatic N) is 4. The molecule has 1 fully saturated rings. The molecule has 5 nitrogen and oxygen atoms in total. The predicted octanol–water partition coefficient (Wildman–Crippen LogP) is 2.13. The van der Waals surface area contributed by atoms with Crippen LogP contribution in [0.4, 0.5) is 0 Å². The molecule has 100 valence electrons. The summed E-state index contributed by atoms with van der Waals surface area (Å²) in [4.78, 5) is 8.87. The lowest BCUT2D eigenvalue weighted by Gasteiger charge is -2.23. The first-order chi connectivity index (χ1) is 9.12. The summed E-state index contributed by atoms with van der Waals surface area (Å²) in [6.07, 6.45) is 5.97. The second kappa shape index (κ2) is 4.42. The van der Waals surface area contributed by atoms with Gasteiger partial charge >= 0.3 is 0 Å². The molecule has 0 aliphatic heterocycles. The highest BCUT2D eigenvalue weighted by Crippen LogP contribution is 2.37. The van der Waals surface area contributed by atoms with E-state index in [4.69, 9.17) is 4.98 Å². The first-order valence-corrected chi connectivity index (χ1v) is 6.68. The van der Waals surface area contributed by atoms with E-state index in [0.717, 1.165) is 17.2 Å². The van der Waals surface area contributed by atoms with Gasteiger partial charge in [0.1, 0.15) is 5.82 Å². The number of rotatable bonds is 4. The van der Waals surface area contributed by atoms with Crippen molar-refractivity contribution < 1.29 is 0 Å². The number of pyridine rings is 1. The van der Waals surface area contributed by atoms with E-state index >= 15 is 0 Å². The van der Waals surface area contributed by atoms with Crippen LogP contribution < -0.4 is 5.32 Å². The van der Waals surface area contributed by atoms with E-state index in [9.17, 15) is 0 Å². The Morgan fingerprint density at radius 2 is 2.16 bits per heavy atom. The molecule has 1 N–H and O–H groups in total. The van der Waals surface area contributed by atoms with E-state index in [1.807, 2.05) is 25.4 Å². The minimum absolute atomic E-state index is 0.184. The van der Waals surface area contributed by atoms with Gasteiger partial charge < -0.3 is 5.32 Å². The van der Waals surface area contributed by atoms with Crippen LogP contribution in [0, 0.1) is 0 Å². The van der Waals surface area contributed by atoms with Crippen molar-refractivity contribution in [3.63, 3.8) is 0 Å². The zero-order valence-electron chi connectivity index (χ0n) is 11.6. The summed E-state index contributed by atoms with van der Waals surface area (Å²) in [6.45, 7) is 4.26. The molecule has 0 unspecified atom stereocenters. The van der Waals surface area contributed by atoms with Crippen molar-refractivity contribution in [1.82, 2.24) is 25.1 Å². The average Bonchev–Trinajstić information content (AvgIpc) is 3.18. The van der Waals surface area contributed by atoms with Gasteiger partial charge in [0, 0.05) is 18.0 Å². The molecule has 0 radical (unpaired) electrons. The summed E-state index contributed by atoms with van der Waals surface area (Å²) in [6, 6.07) is 4.42. The van der Waals surface area contributed by atoms with Crippen molar-refractivity contribution in [2.24, 2.45) is 0 Å². The number of aromatic nitrogens is 4. The average molecular weight is 257 g/mol. The standard InChI is InChI=1S/C14H19N5/c1-14(2,15-3)13-17-12(10-5-4-8-16-9-10)18-19(13)11-6-7-11/h4-5,8-9,11,15H,6-7H2,1-3H3. The van der Waals surface area contributed by atoms with Gasteiger partial charge in [-0.15, -0.1) is 0 Å². The van der Waals surface area contributed by atoms with Gasteiger partial charge in [0.05, 0.1) is 11.6 Å². The van der Waals surface area contributed by atoms with E-state index < -0.39 is 0 Å². The van der Waals surface area contributed by atoms with Crippen LogP contribution in [-0.2, 0) is 5.54 Å². The first-order valence-electron chi connectivity index (χ1n) is 6.68. The van der Waals surface area contributed by atoms with Crippen molar-refractivity contribution >= 4 is 0 Å². The minimum atomic E-state index is -0.184. The molecular formula is C14H19N5. The van der Waals surface area contributed by atoms with Crippen molar-refractivity contribution in [3.8, 4) is 11.4 Å². The molecule has 0 amide bonds. The largest absolute Gasteiger partial charge is 0.308 e. The predicted molar refractivity (Wildman–Crippen MR) is 73.6 cm³/mol. The highest BCUT2D eigenvalue weighted by atomic mass is 15.4. The van der Waals surface area contributed by atoms with Crippen molar-refractivity contribution in [2.45, 2.75) is 38.3 Å². The van der Waals surface area contributed by atoms with E-state index in [0.29, 0.717) is 6.04 Å². The van der Waals surface area contributed by atoms with Crippen LogP contribution in [0.5, 0.6) is 0 Å².